The third-order valence-corrected chi connectivity index (χ3v) is 4.52. The van der Waals surface area contributed by atoms with Crippen LogP contribution in [0.1, 0.15) is 17.5 Å². The second kappa shape index (κ2) is 6.61. The molecule has 0 unspecified atom stereocenters. The number of hydrogen-bond donors (Lipinski definition) is 1. The van der Waals surface area contributed by atoms with Gasteiger partial charge in [0, 0.05) is 17.5 Å². The third kappa shape index (κ3) is 2.84. The molecule has 3 rings (SSSR count). The van der Waals surface area contributed by atoms with E-state index >= 15 is 0 Å². The quantitative estimate of drug-likeness (QED) is 0.857. The van der Waals surface area contributed by atoms with Gasteiger partial charge in [-0.2, -0.15) is 0 Å². The molecule has 2 nitrogen and oxygen atoms in total. The maximum atomic E-state index is 5.77. The van der Waals surface area contributed by atoms with Crippen molar-refractivity contribution >= 4 is 23.8 Å². The van der Waals surface area contributed by atoms with Gasteiger partial charge in [0.2, 0.25) is 0 Å². The summed E-state index contributed by atoms with van der Waals surface area (Å²) in [5.74, 6) is 0. The fourth-order valence-electron chi connectivity index (χ4n) is 3.45. The molecule has 0 spiro atoms. The van der Waals surface area contributed by atoms with Gasteiger partial charge in [-0.25, -0.2) is 0 Å². The molecule has 2 aromatic rings. The van der Waals surface area contributed by atoms with Crippen LogP contribution in [0.4, 0.5) is 11.4 Å². The molecule has 1 aliphatic heterocycles. The van der Waals surface area contributed by atoms with E-state index < -0.39 is 0 Å². The number of benzene rings is 2. The van der Waals surface area contributed by atoms with Crippen molar-refractivity contribution in [2.45, 2.75) is 19.3 Å². The Hall–Kier alpha value is -1.35. The number of nitrogens with zero attached hydrogens (tertiary/aromatic N) is 1. The van der Waals surface area contributed by atoms with Gasteiger partial charge in [-0.05, 0) is 31.5 Å². The second-order valence-electron chi connectivity index (χ2n) is 5.81. The molecule has 0 saturated heterocycles. The lowest BCUT2D eigenvalue weighted by Crippen LogP contribution is -2.42. The first kappa shape index (κ1) is 16.0. The van der Waals surface area contributed by atoms with Crippen LogP contribution in [0.2, 0.25) is 0 Å². The third-order valence-electron chi connectivity index (χ3n) is 4.52. The van der Waals surface area contributed by atoms with Crippen LogP contribution in [0.3, 0.4) is 0 Å². The van der Waals surface area contributed by atoms with Gasteiger partial charge in [0.15, 0.2) is 0 Å². The van der Waals surface area contributed by atoms with Gasteiger partial charge in [0.1, 0.15) is 11.4 Å². The topological polar surface area (TPSA) is 26.0 Å². The van der Waals surface area contributed by atoms with Crippen LogP contribution in [0.25, 0.3) is 0 Å². The average molecular weight is 304 g/mol. The van der Waals surface area contributed by atoms with Crippen LogP contribution in [0, 0.1) is 0 Å². The van der Waals surface area contributed by atoms with Gasteiger partial charge in [-0.1, -0.05) is 36.4 Å². The lowest BCUT2D eigenvalue weighted by atomic mass is 10.0. The van der Waals surface area contributed by atoms with Crippen molar-refractivity contribution in [3.05, 3.63) is 59.7 Å². The number of aryl methyl sites for hydroxylation is 2. The van der Waals surface area contributed by atoms with E-state index in [2.05, 4.69) is 55.6 Å². The van der Waals surface area contributed by atoms with E-state index in [0.29, 0.717) is 0 Å². The van der Waals surface area contributed by atoms with Crippen molar-refractivity contribution in [3.8, 4) is 0 Å². The van der Waals surface area contributed by atoms with Gasteiger partial charge in [0.25, 0.3) is 0 Å². The first-order valence-corrected chi connectivity index (χ1v) is 7.48. The number of para-hydroxylation sites is 2. The molecule has 0 radical (unpaired) electrons. The van der Waals surface area contributed by atoms with Crippen molar-refractivity contribution in [1.29, 1.82) is 0 Å². The molecule has 0 fully saturated rings. The van der Waals surface area contributed by atoms with Crippen LogP contribution >= 0.6 is 12.4 Å². The van der Waals surface area contributed by atoms with E-state index in [9.17, 15) is 0 Å². The summed E-state index contributed by atoms with van der Waals surface area (Å²) >= 11 is 0. The van der Waals surface area contributed by atoms with E-state index in [-0.39, 0.29) is 12.4 Å². The Kier molecular flexibility index (Phi) is 5.04. The van der Waals surface area contributed by atoms with Gasteiger partial charge < -0.3 is 5.73 Å². The number of nitrogens with two attached hydrogens (primary N) is 1. The number of fused-ring (bicyclic) bond motifs is 2. The summed E-state index contributed by atoms with van der Waals surface area (Å²) in [6, 6.07) is 17.8. The fraction of sp³-hybridized carbons (Fsp3) is 0.333. The molecule has 2 aromatic carbocycles. The van der Waals surface area contributed by atoms with E-state index in [1.54, 1.807) is 0 Å². The van der Waals surface area contributed by atoms with Gasteiger partial charge >= 0.3 is 0 Å². The average Bonchev–Trinajstić information content (AvgIpc) is 2.62. The molecule has 1 heterocycles. The maximum absolute atomic E-state index is 5.77. The first-order valence-electron chi connectivity index (χ1n) is 7.48. The van der Waals surface area contributed by atoms with Crippen LogP contribution in [-0.4, -0.2) is 20.1 Å². The highest BCUT2D eigenvalue weighted by molar-refractivity contribution is 5.85. The second-order valence-corrected chi connectivity index (χ2v) is 5.81. The predicted molar refractivity (Wildman–Crippen MR) is 93.5 cm³/mol. The van der Waals surface area contributed by atoms with Crippen molar-refractivity contribution in [2.24, 2.45) is 5.73 Å². The summed E-state index contributed by atoms with van der Waals surface area (Å²) in [4.78, 5) is 0. The summed E-state index contributed by atoms with van der Waals surface area (Å²) in [7, 11) is 2.33. The monoisotopic (exact) mass is 303 g/mol. The standard InChI is InChI=1S/C18H23N2.ClH/c1-20(14-6-13-19)17-9-4-2-7-15(17)11-12-16-8-3-5-10-18(16)20;/h2-5,7-10H,6,11-14,19H2,1H3;1H/q+1;. The fourth-order valence-corrected chi connectivity index (χ4v) is 3.45. The highest BCUT2D eigenvalue weighted by Gasteiger charge is 2.34. The summed E-state index contributed by atoms with van der Waals surface area (Å²) in [5.41, 5.74) is 11.6. The Morgan fingerprint density at radius 2 is 1.38 bits per heavy atom. The minimum absolute atomic E-state index is 0. The zero-order chi connectivity index (χ0) is 14.0. The van der Waals surface area contributed by atoms with Gasteiger partial charge in [-0.3, -0.25) is 4.48 Å². The van der Waals surface area contributed by atoms with Crippen LogP contribution in [0.5, 0.6) is 0 Å². The molecule has 112 valence electrons. The molecular formula is C18H24ClN2+. The van der Waals surface area contributed by atoms with Crippen molar-refractivity contribution in [2.75, 3.05) is 20.1 Å². The summed E-state index contributed by atoms with van der Waals surface area (Å²) in [5, 5.41) is 0. The minimum Gasteiger partial charge on any atom is -0.330 e. The molecule has 3 heteroatoms. The van der Waals surface area contributed by atoms with Crippen molar-refractivity contribution in [3.63, 3.8) is 0 Å². The largest absolute Gasteiger partial charge is 0.330 e. The summed E-state index contributed by atoms with van der Waals surface area (Å²) < 4.78 is 0.879. The number of halogens is 1. The molecule has 21 heavy (non-hydrogen) atoms. The summed E-state index contributed by atoms with van der Waals surface area (Å²) in [6.07, 6.45) is 3.30. The molecule has 2 N–H and O–H groups in total. The predicted octanol–water partition coefficient (Wildman–Crippen LogP) is 3.82. The Bertz CT molecular complexity index is 562. The van der Waals surface area contributed by atoms with Gasteiger partial charge in [0.05, 0.1) is 13.6 Å². The van der Waals surface area contributed by atoms with Crippen LogP contribution in [-0.2, 0) is 12.8 Å². The number of quaternary nitrogens is 1. The van der Waals surface area contributed by atoms with Gasteiger partial charge in [-0.15, -0.1) is 12.4 Å². The van der Waals surface area contributed by atoms with E-state index in [4.69, 9.17) is 5.73 Å². The van der Waals surface area contributed by atoms with E-state index in [0.717, 1.165) is 36.8 Å². The van der Waals surface area contributed by atoms with Crippen molar-refractivity contribution in [1.82, 2.24) is 4.48 Å². The smallest absolute Gasteiger partial charge is 0.140 e. The van der Waals surface area contributed by atoms with E-state index in [1.165, 1.54) is 22.5 Å². The highest BCUT2D eigenvalue weighted by atomic mass is 35.5. The summed E-state index contributed by atoms with van der Waals surface area (Å²) in [6.45, 7) is 1.81. The number of rotatable bonds is 3. The Balaban J connectivity index is 0.00000161. The molecule has 0 aliphatic carbocycles. The van der Waals surface area contributed by atoms with Crippen LogP contribution < -0.4 is 10.2 Å². The Morgan fingerprint density at radius 1 is 0.905 bits per heavy atom. The lowest BCUT2D eigenvalue weighted by molar-refractivity contribution is 0.446. The van der Waals surface area contributed by atoms with Crippen LogP contribution in [0.15, 0.2) is 48.5 Å². The Morgan fingerprint density at radius 3 is 1.86 bits per heavy atom. The first-order chi connectivity index (χ1) is 9.75. The molecule has 0 saturated carbocycles. The zero-order valence-corrected chi connectivity index (χ0v) is 13.4. The highest BCUT2D eigenvalue weighted by Crippen LogP contribution is 2.41. The van der Waals surface area contributed by atoms with Crippen molar-refractivity contribution < 1.29 is 0 Å². The molecule has 0 amide bonds. The molecule has 0 atom stereocenters. The molecular weight excluding hydrogens is 280 g/mol. The maximum Gasteiger partial charge on any atom is 0.140 e. The normalized spacial score (nSPS) is 15.3. The molecule has 0 bridgehead atoms. The Labute approximate surface area is 133 Å². The zero-order valence-electron chi connectivity index (χ0n) is 12.6. The lowest BCUT2D eigenvalue weighted by Gasteiger charge is -2.35. The number of hydrogen-bond acceptors (Lipinski definition) is 1. The molecule has 1 aliphatic rings. The molecule has 0 aromatic heterocycles. The minimum atomic E-state index is 0. The van der Waals surface area contributed by atoms with E-state index in [1.807, 2.05) is 0 Å². The SMILES string of the molecule is C[N+]1(CCCN)c2ccccc2CCc2ccccc21.Cl.